The maximum atomic E-state index is 11.1. The van der Waals surface area contributed by atoms with Gasteiger partial charge in [0.2, 0.25) is 0 Å². The summed E-state index contributed by atoms with van der Waals surface area (Å²) in [6.07, 6.45) is 2.57. The maximum absolute atomic E-state index is 11.1. The zero-order valence-electron chi connectivity index (χ0n) is 7.06. The molecule has 0 aliphatic carbocycles. The number of rotatable bonds is 2. The third-order valence-electron chi connectivity index (χ3n) is 1.59. The average molecular weight is 226 g/mol. The van der Waals surface area contributed by atoms with E-state index in [0.717, 1.165) is 12.5 Å². The highest BCUT2D eigenvalue weighted by Crippen LogP contribution is 2.23. The zero-order chi connectivity index (χ0) is 10.1. The van der Waals surface area contributed by atoms with Crippen LogP contribution in [-0.4, -0.2) is 28.8 Å². The second-order valence-corrected chi connectivity index (χ2v) is 6.57. The molecule has 1 heterocycles. The first-order valence-electron chi connectivity index (χ1n) is 3.61. The summed E-state index contributed by atoms with van der Waals surface area (Å²) in [7, 11) is -6.84. The van der Waals surface area contributed by atoms with Crippen molar-refractivity contribution >= 4 is 20.0 Å². The van der Waals surface area contributed by atoms with E-state index in [-0.39, 0.29) is 10.7 Å². The lowest BCUT2D eigenvalue weighted by Gasteiger charge is -1.97. The zero-order valence-corrected chi connectivity index (χ0v) is 8.69. The minimum Gasteiger partial charge on any atom is -0.390 e. The van der Waals surface area contributed by atoms with Crippen LogP contribution in [0.2, 0.25) is 0 Å². The Bertz CT molecular complexity index is 414. The van der Waals surface area contributed by atoms with E-state index in [1.807, 2.05) is 0 Å². The Hall–Kier alpha value is -0.560. The first kappa shape index (κ1) is 10.5. The van der Waals surface area contributed by atoms with E-state index in [0.29, 0.717) is 12.8 Å². The molecular weight excluding hydrogens is 216 g/mol. The lowest BCUT2D eigenvalue weighted by molar-refractivity contribution is 0.447. The largest absolute Gasteiger partial charge is 0.390 e. The van der Waals surface area contributed by atoms with Crippen LogP contribution in [0.25, 0.3) is 0 Å². The van der Waals surface area contributed by atoms with Crippen molar-refractivity contribution in [2.24, 2.45) is 0 Å². The molecule has 0 radical (unpaired) electrons. The van der Waals surface area contributed by atoms with Gasteiger partial charge in [-0.25, -0.2) is 8.42 Å². The van der Waals surface area contributed by atoms with Gasteiger partial charge in [-0.15, -0.1) is 0 Å². The van der Waals surface area contributed by atoms with Gasteiger partial charge in [0.1, 0.15) is 6.26 Å². The first-order valence-corrected chi connectivity index (χ1v) is 7.08. The monoisotopic (exact) mass is 226 g/mol. The fraction of sp³-hybridized carbons (Fsp3) is 0.667. The summed E-state index contributed by atoms with van der Waals surface area (Å²) in [6, 6.07) is 0. The van der Waals surface area contributed by atoms with E-state index in [1.165, 1.54) is 0 Å². The second-order valence-electron chi connectivity index (χ2n) is 2.81. The van der Waals surface area contributed by atoms with E-state index >= 15 is 0 Å². The summed E-state index contributed by atoms with van der Waals surface area (Å²) in [5.74, 6) is 0.0754. The van der Waals surface area contributed by atoms with E-state index in [4.69, 9.17) is 0 Å². The van der Waals surface area contributed by atoms with Crippen molar-refractivity contribution in [2.45, 2.75) is 12.8 Å². The molecule has 76 valence electrons. The Morgan fingerprint density at radius 3 is 2.46 bits per heavy atom. The summed E-state index contributed by atoms with van der Waals surface area (Å²) in [6.45, 7) is 0. The Morgan fingerprint density at radius 1 is 1.46 bits per heavy atom. The number of sulfone groups is 1. The van der Waals surface area contributed by atoms with Crippen molar-refractivity contribution in [3.8, 4) is 0 Å². The van der Waals surface area contributed by atoms with Crippen molar-refractivity contribution in [1.82, 2.24) is 0 Å². The highest BCUT2D eigenvalue weighted by atomic mass is 32.2. The summed E-state index contributed by atoms with van der Waals surface area (Å²) >= 11 is 0. The molecule has 0 bridgehead atoms. The van der Waals surface area contributed by atoms with Gasteiger partial charge >= 0.3 is 10.1 Å². The lowest BCUT2D eigenvalue weighted by atomic mass is 10.3. The number of hydrogen-bond acceptors (Lipinski definition) is 5. The third kappa shape index (κ3) is 3.00. The molecule has 5 nitrogen and oxygen atoms in total. The highest BCUT2D eigenvalue weighted by molar-refractivity contribution is 7.95. The van der Waals surface area contributed by atoms with Gasteiger partial charge in [0, 0.05) is 0 Å². The molecule has 1 aliphatic heterocycles. The minimum atomic E-state index is -3.60. The van der Waals surface area contributed by atoms with E-state index < -0.39 is 20.0 Å². The molecule has 1 fully saturated rings. The topological polar surface area (TPSA) is 77.5 Å². The van der Waals surface area contributed by atoms with E-state index in [9.17, 15) is 16.8 Å². The van der Waals surface area contributed by atoms with Crippen LogP contribution < -0.4 is 0 Å². The smallest absolute Gasteiger partial charge is 0.305 e. The predicted octanol–water partition coefficient (Wildman–Crippen LogP) is 0.0126. The fourth-order valence-corrected chi connectivity index (χ4v) is 2.78. The van der Waals surface area contributed by atoms with Gasteiger partial charge in [-0.05, 0) is 12.8 Å². The van der Waals surface area contributed by atoms with E-state index in [2.05, 4.69) is 4.18 Å². The number of allylic oxidation sites excluding steroid dienone is 1. The van der Waals surface area contributed by atoms with Crippen LogP contribution in [0, 0.1) is 0 Å². The SMILES string of the molecule is CS(=O)(=O)O/C=C1\CCCS1(=O)=O. The van der Waals surface area contributed by atoms with Crippen LogP contribution in [0.4, 0.5) is 0 Å². The molecule has 7 heteroatoms. The molecule has 0 N–H and O–H groups in total. The predicted molar refractivity (Wildman–Crippen MR) is 47.0 cm³/mol. The van der Waals surface area contributed by atoms with Gasteiger partial charge in [-0.1, -0.05) is 0 Å². The van der Waals surface area contributed by atoms with Crippen LogP contribution >= 0.6 is 0 Å². The van der Waals surface area contributed by atoms with Crippen molar-refractivity contribution in [3.63, 3.8) is 0 Å². The van der Waals surface area contributed by atoms with Crippen molar-refractivity contribution in [1.29, 1.82) is 0 Å². The maximum Gasteiger partial charge on any atom is 0.305 e. The highest BCUT2D eigenvalue weighted by Gasteiger charge is 2.25. The Labute approximate surface area is 77.4 Å². The van der Waals surface area contributed by atoms with Crippen molar-refractivity contribution < 1.29 is 21.0 Å². The molecule has 0 aromatic carbocycles. The molecular formula is C6H10O5S2. The van der Waals surface area contributed by atoms with Gasteiger partial charge in [0.05, 0.1) is 16.9 Å². The minimum absolute atomic E-state index is 0.0675. The molecule has 0 amide bonds. The summed E-state index contributed by atoms with van der Waals surface area (Å²) < 4.78 is 47.6. The summed E-state index contributed by atoms with van der Waals surface area (Å²) in [4.78, 5) is 0.0675. The Kier molecular flexibility index (Phi) is 2.67. The van der Waals surface area contributed by atoms with Crippen LogP contribution in [0.1, 0.15) is 12.8 Å². The average Bonchev–Trinajstić information content (AvgIpc) is 2.23. The van der Waals surface area contributed by atoms with Crippen LogP contribution in [-0.2, 0) is 24.1 Å². The van der Waals surface area contributed by atoms with Crippen molar-refractivity contribution in [2.75, 3.05) is 12.0 Å². The Balaban J connectivity index is 2.85. The molecule has 1 aliphatic rings. The summed E-state index contributed by atoms with van der Waals surface area (Å²) in [5, 5.41) is 0. The quantitative estimate of drug-likeness (QED) is 0.489. The third-order valence-corrected chi connectivity index (χ3v) is 3.96. The molecule has 0 unspecified atom stereocenters. The van der Waals surface area contributed by atoms with E-state index in [1.54, 1.807) is 0 Å². The van der Waals surface area contributed by atoms with Crippen molar-refractivity contribution in [3.05, 3.63) is 11.2 Å². The lowest BCUT2D eigenvalue weighted by Crippen LogP contribution is -2.02. The Morgan fingerprint density at radius 2 is 2.08 bits per heavy atom. The molecule has 0 aromatic rings. The normalized spacial score (nSPS) is 24.8. The molecule has 0 spiro atoms. The fourth-order valence-electron chi connectivity index (χ4n) is 0.996. The molecule has 13 heavy (non-hydrogen) atoms. The van der Waals surface area contributed by atoms with Gasteiger partial charge in [-0.3, -0.25) is 0 Å². The molecule has 1 saturated heterocycles. The van der Waals surface area contributed by atoms with Gasteiger partial charge < -0.3 is 4.18 Å². The van der Waals surface area contributed by atoms with Gasteiger partial charge in [-0.2, -0.15) is 8.42 Å². The van der Waals surface area contributed by atoms with Crippen LogP contribution in [0.3, 0.4) is 0 Å². The number of hydrogen-bond donors (Lipinski definition) is 0. The molecule has 0 atom stereocenters. The standard InChI is InChI=1S/C6H10O5S2/c1-12(7,8)11-5-6-3-2-4-13(6,9)10/h5H,2-4H2,1H3/b6-5+. The molecule has 1 rings (SSSR count). The first-order chi connectivity index (χ1) is 5.81. The summed E-state index contributed by atoms with van der Waals surface area (Å²) in [5.41, 5.74) is 0. The van der Waals surface area contributed by atoms with Gasteiger partial charge in [0.15, 0.2) is 9.84 Å². The van der Waals surface area contributed by atoms with Crippen LogP contribution in [0.15, 0.2) is 11.2 Å². The van der Waals surface area contributed by atoms with Crippen LogP contribution in [0.5, 0.6) is 0 Å². The second kappa shape index (κ2) is 3.30. The molecule has 0 saturated carbocycles. The molecule has 0 aromatic heterocycles. The van der Waals surface area contributed by atoms with Gasteiger partial charge in [0.25, 0.3) is 0 Å².